The van der Waals surface area contributed by atoms with Gasteiger partial charge in [0, 0.05) is 24.2 Å². The molecule has 0 amide bonds. The van der Waals surface area contributed by atoms with Crippen molar-refractivity contribution < 1.29 is 17.6 Å². The minimum atomic E-state index is -3.60. The molecule has 0 saturated carbocycles. The molecule has 0 aliphatic carbocycles. The number of aromatic nitrogens is 2. The summed E-state index contributed by atoms with van der Waals surface area (Å²) in [6.45, 7) is 12.1. The SMILES string of the molecule is CCN(CC)S(=O)(=O)c1cccc(-c2nnc(S[C@H](C)C(=O)c3cc(C)c(C)cc3C)o2)c1. The van der Waals surface area contributed by atoms with E-state index in [1.807, 2.05) is 39.8 Å². The third-order valence-corrected chi connectivity index (χ3v) is 8.56. The molecular formula is C24H29N3O4S2. The zero-order chi connectivity index (χ0) is 24.3. The van der Waals surface area contributed by atoms with Crippen LogP contribution in [-0.4, -0.2) is 47.0 Å². The minimum Gasteiger partial charge on any atom is -0.411 e. The van der Waals surface area contributed by atoms with Crippen molar-refractivity contribution >= 4 is 27.6 Å². The van der Waals surface area contributed by atoms with Crippen LogP contribution in [0.1, 0.15) is 47.8 Å². The summed E-state index contributed by atoms with van der Waals surface area (Å²) in [7, 11) is -3.60. The normalized spacial score (nSPS) is 12.8. The van der Waals surface area contributed by atoms with Crippen molar-refractivity contribution in [2.24, 2.45) is 0 Å². The first-order chi connectivity index (χ1) is 15.6. The van der Waals surface area contributed by atoms with Crippen LogP contribution in [0.5, 0.6) is 0 Å². The monoisotopic (exact) mass is 487 g/mol. The number of ketones is 1. The Hall–Kier alpha value is -2.49. The van der Waals surface area contributed by atoms with Gasteiger partial charge in [-0.3, -0.25) is 4.79 Å². The van der Waals surface area contributed by atoms with E-state index >= 15 is 0 Å². The fourth-order valence-corrected chi connectivity index (χ4v) is 5.78. The molecule has 0 saturated heterocycles. The molecule has 7 nitrogen and oxygen atoms in total. The van der Waals surface area contributed by atoms with Crippen LogP contribution in [0.2, 0.25) is 0 Å². The molecule has 3 rings (SSSR count). The molecule has 0 spiro atoms. The molecular weight excluding hydrogens is 458 g/mol. The highest BCUT2D eigenvalue weighted by Crippen LogP contribution is 2.30. The summed E-state index contributed by atoms with van der Waals surface area (Å²) in [5.74, 6) is 0.198. The van der Waals surface area contributed by atoms with Gasteiger partial charge in [-0.1, -0.05) is 37.7 Å². The molecule has 0 bridgehead atoms. The van der Waals surface area contributed by atoms with Gasteiger partial charge in [-0.15, -0.1) is 10.2 Å². The van der Waals surface area contributed by atoms with Gasteiger partial charge in [-0.05, 0) is 68.7 Å². The number of aryl methyl sites for hydroxylation is 3. The molecule has 3 aromatic rings. The summed E-state index contributed by atoms with van der Waals surface area (Å²) >= 11 is 1.19. The molecule has 0 aliphatic heterocycles. The van der Waals surface area contributed by atoms with Gasteiger partial charge >= 0.3 is 0 Å². The van der Waals surface area contributed by atoms with Crippen LogP contribution in [0, 0.1) is 20.8 Å². The molecule has 9 heteroatoms. The number of hydrogen-bond acceptors (Lipinski definition) is 7. The Labute approximate surface area is 199 Å². The Kier molecular flexibility index (Phi) is 7.76. The standard InChI is InChI=1S/C24H29N3O4S2/c1-7-27(8-2)33(29,30)20-11-9-10-19(14-20)23-25-26-24(31-23)32-18(6)22(28)21-13-16(4)15(3)12-17(21)5/h9-14,18H,7-8H2,1-6H3/t18-/m1/s1. The van der Waals surface area contributed by atoms with Gasteiger partial charge < -0.3 is 4.42 Å². The van der Waals surface area contributed by atoms with E-state index in [1.54, 1.807) is 32.0 Å². The van der Waals surface area contributed by atoms with E-state index in [0.717, 1.165) is 16.7 Å². The van der Waals surface area contributed by atoms with Crippen LogP contribution in [0.4, 0.5) is 0 Å². The maximum Gasteiger partial charge on any atom is 0.277 e. The Morgan fingerprint density at radius 2 is 1.70 bits per heavy atom. The highest BCUT2D eigenvalue weighted by atomic mass is 32.2. The predicted molar refractivity (Wildman–Crippen MR) is 130 cm³/mol. The summed E-state index contributed by atoms with van der Waals surface area (Å²) in [5, 5.41) is 7.95. The van der Waals surface area contributed by atoms with E-state index in [4.69, 9.17) is 4.42 Å². The number of rotatable bonds is 9. The maximum atomic E-state index is 13.0. The first-order valence-corrected chi connectivity index (χ1v) is 13.1. The van der Waals surface area contributed by atoms with Crippen molar-refractivity contribution in [1.82, 2.24) is 14.5 Å². The molecule has 2 aromatic carbocycles. The number of thioether (sulfide) groups is 1. The Balaban J connectivity index is 1.81. The highest BCUT2D eigenvalue weighted by molar-refractivity contribution is 8.00. The largest absolute Gasteiger partial charge is 0.411 e. The van der Waals surface area contributed by atoms with Gasteiger partial charge in [-0.25, -0.2) is 8.42 Å². The van der Waals surface area contributed by atoms with E-state index < -0.39 is 15.3 Å². The third kappa shape index (κ3) is 5.37. The molecule has 1 heterocycles. The van der Waals surface area contributed by atoms with E-state index in [1.165, 1.54) is 22.1 Å². The molecule has 0 aliphatic rings. The lowest BCUT2D eigenvalue weighted by Crippen LogP contribution is -2.30. The number of carbonyl (C=O) groups excluding carboxylic acids is 1. The van der Waals surface area contributed by atoms with Crippen LogP contribution in [0.3, 0.4) is 0 Å². The average molecular weight is 488 g/mol. The molecule has 33 heavy (non-hydrogen) atoms. The van der Waals surface area contributed by atoms with E-state index in [0.29, 0.717) is 24.2 Å². The fourth-order valence-electron chi connectivity index (χ4n) is 3.53. The smallest absolute Gasteiger partial charge is 0.277 e. The van der Waals surface area contributed by atoms with Crippen LogP contribution >= 0.6 is 11.8 Å². The Morgan fingerprint density at radius 1 is 1.03 bits per heavy atom. The minimum absolute atomic E-state index is 0.00679. The summed E-state index contributed by atoms with van der Waals surface area (Å²) in [5.41, 5.74) is 4.35. The van der Waals surface area contributed by atoms with Crippen LogP contribution < -0.4 is 0 Å². The van der Waals surface area contributed by atoms with Gasteiger partial charge in [-0.2, -0.15) is 4.31 Å². The van der Waals surface area contributed by atoms with Gasteiger partial charge in [0.1, 0.15) is 0 Å². The Bertz CT molecular complexity index is 1260. The van der Waals surface area contributed by atoms with Crippen molar-refractivity contribution in [2.75, 3.05) is 13.1 Å². The lowest BCUT2D eigenvalue weighted by atomic mass is 9.97. The highest BCUT2D eigenvalue weighted by Gasteiger charge is 2.24. The van der Waals surface area contributed by atoms with Crippen molar-refractivity contribution in [3.63, 3.8) is 0 Å². The summed E-state index contributed by atoms with van der Waals surface area (Å²) in [4.78, 5) is 13.2. The quantitative estimate of drug-likeness (QED) is 0.308. The molecule has 1 aromatic heterocycles. The second-order valence-corrected chi connectivity index (χ2v) is 11.1. The van der Waals surface area contributed by atoms with Gasteiger partial charge in [0.05, 0.1) is 10.1 Å². The number of nitrogens with zero attached hydrogens (tertiary/aromatic N) is 3. The fraction of sp³-hybridized carbons (Fsp3) is 0.375. The summed E-state index contributed by atoms with van der Waals surface area (Å²) < 4.78 is 32.8. The zero-order valence-corrected chi connectivity index (χ0v) is 21.4. The van der Waals surface area contributed by atoms with Crippen molar-refractivity contribution in [1.29, 1.82) is 0 Å². The molecule has 176 valence electrons. The number of sulfonamides is 1. The summed E-state index contributed by atoms with van der Waals surface area (Å²) in [6.07, 6.45) is 0. The first kappa shape index (κ1) is 25.1. The van der Waals surface area contributed by atoms with Crippen LogP contribution in [-0.2, 0) is 10.0 Å². The number of benzene rings is 2. The number of carbonyl (C=O) groups is 1. The zero-order valence-electron chi connectivity index (χ0n) is 19.7. The maximum absolute atomic E-state index is 13.0. The van der Waals surface area contributed by atoms with Gasteiger partial charge in [0.15, 0.2) is 5.78 Å². The predicted octanol–water partition coefficient (Wildman–Crippen LogP) is 5.06. The van der Waals surface area contributed by atoms with Crippen molar-refractivity contribution in [2.45, 2.75) is 56.9 Å². The lowest BCUT2D eigenvalue weighted by molar-refractivity contribution is 0.0993. The van der Waals surface area contributed by atoms with Crippen LogP contribution in [0.25, 0.3) is 11.5 Å². The third-order valence-electron chi connectivity index (χ3n) is 5.58. The van der Waals surface area contributed by atoms with Gasteiger partial charge in [0.2, 0.25) is 15.9 Å². The molecule has 0 fully saturated rings. The van der Waals surface area contributed by atoms with E-state index in [-0.39, 0.29) is 21.8 Å². The Morgan fingerprint density at radius 3 is 2.36 bits per heavy atom. The number of hydrogen-bond donors (Lipinski definition) is 0. The average Bonchev–Trinajstić information content (AvgIpc) is 3.25. The van der Waals surface area contributed by atoms with Gasteiger partial charge in [0.25, 0.3) is 5.22 Å². The molecule has 0 radical (unpaired) electrons. The molecule has 0 unspecified atom stereocenters. The topological polar surface area (TPSA) is 93.4 Å². The van der Waals surface area contributed by atoms with Crippen LogP contribution in [0.15, 0.2) is 50.9 Å². The lowest BCUT2D eigenvalue weighted by Gasteiger charge is -2.18. The number of Topliss-reactive ketones (excluding diaryl/α,β-unsaturated/α-hetero) is 1. The van der Waals surface area contributed by atoms with E-state index in [2.05, 4.69) is 10.2 Å². The first-order valence-electron chi connectivity index (χ1n) is 10.8. The van der Waals surface area contributed by atoms with Crippen molar-refractivity contribution in [3.05, 3.63) is 58.7 Å². The van der Waals surface area contributed by atoms with Crippen molar-refractivity contribution in [3.8, 4) is 11.5 Å². The second-order valence-electron chi connectivity index (χ2n) is 7.87. The molecule has 1 atom stereocenters. The van der Waals surface area contributed by atoms with E-state index in [9.17, 15) is 13.2 Å². The second kappa shape index (κ2) is 10.2. The molecule has 0 N–H and O–H groups in total. The summed E-state index contributed by atoms with van der Waals surface area (Å²) in [6, 6.07) is 10.4.